The van der Waals surface area contributed by atoms with E-state index in [4.69, 9.17) is 14.1 Å². The molecule has 5 heteroatoms. The molecule has 1 aliphatic heterocycles. The van der Waals surface area contributed by atoms with Gasteiger partial charge in [-0.2, -0.15) is 0 Å². The molecule has 0 unspecified atom stereocenters. The van der Waals surface area contributed by atoms with Gasteiger partial charge in [0.1, 0.15) is 5.76 Å². The average Bonchev–Trinajstić information content (AvgIpc) is 2.99. The Hall–Kier alpha value is -1.17. The Morgan fingerprint density at radius 3 is 2.91 bits per heavy atom. The van der Waals surface area contributed by atoms with Crippen LogP contribution in [0.15, 0.2) is 21.9 Å². The number of aryl methyl sites for hydroxylation is 1. The van der Waals surface area contributed by atoms with Gasteiger partial charge in [-0.25, -0.2) is 4.98 Å². The van der Waals surface area contributed by atoms with E-state index < -0.39 is 0 Å². The standard InChI is InChI=1S/C18H24N2O2S/c1-13-16(19-18(22-13)17-5-3-9-23-17)12-20(10-14-6-7-14)11-15-4-2-8-21-15/h3,5,9,14-15H,2,4,6-8,10-12H2,1H3/t15-/m0/s1. The van der Waals surface area contributed by atoms with Gasteiger partial charge < -0.3 is 9.15 Å². The van der Waals surface area contributed by atoms with E-state index in [9.17, 15) is 0 Å². The molecule has 0 bridgehead atoms. The van der Waals surface area contributed by atoms with Crippen LogP contribution < -0.4 is 0 Å². The van der Waals surface area contributed by atoms with Gasteiger partial charge in [0.15, 0.2) is 0 Å². The summed E-state index contributed by atoms with van der Waals surface area (Å²) in [5.41, 5.74) is 1.08. The van der Waals surface area contributed by atoms with E-state index >= 15 is 0 Å². The van der Waals surface area contributed by atoms with Crippen LogP contribution in [0.4, 0.5) is 0 Å². The van der Waals surface area contributed by atoms with Crippen LogP contribution >= 0.6 is 11.3 Å². The smallest absolute Gasteiger partial charge is 0.236 e. The summed E-state index contributed by atoms with van der Waals surface area (Å²) in [4.78, 5) is 8.38. The molecule has 2 aliphatic rings. The molecule has 0 amide bonds. The summed E-state index contributed by atoms with van der Waals surface area (Å²) < 4.78 is 11.7. The predicted molar refractivity (Wildman–Crippen MR) is 91.5 cm³/mol. The quantitative estimate of drug-likeness (QED) is 0.765. The van der Waals surface area contributed by atoms with E-state index in [1.54, 1.807) is 11.3 Å². The summed E-state index contributed by atoms with van der Waals surface area (Å²) in [6, 6.07) is 4.10. The maximum absolute atomic E-state index is 5.89. The Morgan fingerprint density at radius 1 is 1.30 bits per heavy atom. The van der Waals surface area contributed by atoms with Gasteiger partial charge in [-0.3, -0.25) is 4.90 Å². The maximum atomic E-state index is 5.89. The topological polar surface area (TPSA) is 38.5 Å². The Kier molecular flexibility index (Phi) is 4.51. The molecule has 0 aromatic carbocycles. The van der Waals surface area contributed by atoms with Crippen molar-refractivity contribution in [2.45, 2.75) is 45.3 Å². The van der Waals surface area contributed by atoms with Crippen LogP contribution in [-0.4, -0.2) is 35.7 Å². The molecule has 2 fully saturated rings. The lowest BCUT2D eigenvalue weighted by molar-refractivity contribution is 0.0684. The molecule has 124 valence electrons. The summed E-state index contributed by atoms with van der Waals surface area (Å²) in [6.07, 6.45) is 5.55. The largest absolute Gasteiger partial charge is 0.440 e. The van der Waals surface area contributed by atoms with Gasteiger partial charge in [0.2, 0.25) is 5.89 Å². The molecule has 0 N–H and O–H groups in total. The fourth-order valence-corrected chi connectivity index (χ4v) is 3.89. The molecule has 1 saturated heterocycles. The first-order valence-electron chi connectivity index (χ1n) is 8.62. The van der Waals surface area contributed by atoms with Gasteiger partial charge in [0, 0.05) is 26.2 Å². The van der Waals surface area contributed by atoms with Crippen LogP contribution in [-0.2, 0) is 11.3 Å². The normalized spacial score (nSPS) is 21.4. The molecule has 4 nitrogen and oxygen atoms in total. The van der Waals surface area contributed by atoms with Crippen LogP contribution in [0, 0.1) is 12.8 Å². The molecule has 3 heterocycles. The summed E-state index contributed by atoms with van der Waals surface area (Å²) >= 11 is 1.67. The van der Waals surface area contributed by atoms with Crippen molar-refractivity contribution >= 4 is 11.3 Å². The van der Waals surface area contributed by atoms with Gasteiger partial charge in [0.05, 0.1) is 16.7 Å². The number of hydrogen-bond acceptors (Lipinski definition) is 5. The van der Waals surface area contributed by atoms with E-state index in [-0.39, 0.29) is 0 Å². The zero-order chi connectivity index (χ0) is 15.6. The Bertz CT molecular complexity index is 627. The van der Waals surface area contributed by atoms with Gasteiger partial charge in [-0.05, 0) is 50.0 Å². The molecule has 1 aliphatic carbocycles. The van der Waals surface area contributed by atoms with Gasteiger partial charge in [-0.1, -0.05) is 6.07 Å². The second-order valence-corrected chi connectivity index (χ2v) is 7.72. The van der Waals surface area contributed by atoms with Crippen molar-refractivity contribution in [3.63, 3.8) is 0 Å². The number of ether oxygens (including phenoxy) is 1. The molecular weight excluding hydrogens is 308 g/mol. The summed E-state index contributed by atoms with van der Waals surface area (Å²) in [6.45, 7) is 6.02. The molecule has 4 rings (SSSR count). The third-order valence-electron chi connectivity index (χ3n) is 4.70. The zero-order valence-corrected chi connectivity index (χ0v) is 14.5. The summed E-state index contributed by atoms with van der Waals surface area (Å²) in [5.74, 6) is 2.58. The molecule has 0 spiro atoms. The molecule has 1 saturated carbocycles. The molecular formula is C18H24N2O2S. The third-order valence-corrected chi connectivity index (χ3v) is 5.55. The minimum atomic E-state index is 0.401. The monoisotopic (exact) mass is 332 g/mol. The number of hydrogen-bond donors (Lipinski definition) is 0. The first kappa shape index (κ1) is 15.4. The molecule has 2 aromatic heterocycles. The van der Waals surface area contributed by atoms with Crippen molar-refractivity contribution in [1.29, 1.82) is 0 Å². The molecule has 23 heavy (non-hydrogen) atoms. The predicted octanol–water partition coefficient (Wildman–Crippen LogP) is 4.10. The molecule has 1 atom stereocenters. The fraction of sp³-hybridized carbons (Fsp3) is 0.611. The number of aromatic nitrogens is 1. The Balaban J connectivity index is 1.46. The lowest BCUT2D eigenvalue weighted by Gasteiger charge is -2.24. The van der Waals surface area contributed by atoms with Crippen molar-refractivity contribution in [3.8, 4) is 10.8 Å². The van der Waals surface area contributed by atoms with Crippen LogP contribution in [0.5, 0.6) is 0 Å². The average molecular weight is 332 g/mol. The number of oxazole rings is 1. The van der Waals surface area contributed by atoms with E-state index in [0.717, 1.165) is 47.8 Å². The van der Waals surface area contributed by atoms with Gasteiger partial charge in [-0.15, -0.1) is 11.3 Å². The Morgan fingerprint density at radius 2 is 2.22 bits per heavy atom. The van der Waals surface area contributed by atoms with E-state index in [1.807, 2.05) is 13.0 Å². The van der Waals surface area contributed by atoms with Crippen molar-refractivity contribution < 1.29 is 9.15 Å². The number of rotatable bonds is 7. The highest BCUT2D eigenvalue weighted by Crippen LogP contribution is 2.31. The van der Waals surface area contributed by atoms with Crippen molar-refractivity contribution in [2.75, 3.05) is 19.7 Å². The van der Waals surface area contributed by atoms with E-state index in [0.29, 0.717) is 6.10 Å². The molecule has 2 aromatic rings. The van der Waals surface area contributed by atoms with Crippen LogP contribution in [0.25, 0.3) is 10.8 Å². The first-order valence-corrected chi connectivity index (χ1v) is 9.50. The van der Waals surface area contributed by atoms with Crippen molar-refractivity contribution in [1.82, 2.24) is 9.88 Å². The minimum Gasteiger partial charge on any atom is -0.440 e. The van der Waals surface area contributed by atoms with Crippen molar-refractivity contribution in [2.24, 2.45) is 5.92 Å². The highest BCUT2D eigenvalue weighted by atomic mass is 32.1. The lowest BCUT2D eigenvalue weighted by Crippen LogP contribution is -2.33. The summed E-state index contributed by atoms with van der Waals surface area (Å²) in [7, 11) is 0. The van der Waals surface area contributed by atoms with E-state index in [2.05, 4.69) is 16.3 Å². The molecule has 0 radical (unpaired) electrons. The van der Waals surface area contributed by atoms with Gasteiger partial charge >= 0.3 is 0 Å². The second-order valence-electron chi connectivity index (χ2n) is 6.77. The number of thiophene rings is 1. The highest BCUT2D eigenvalue weighted by molar-refractivity contribution is 7.13. The lowest BCUT2D eigenvalue weighted by atomic mass is 10.2. The first-order chi connectivity index (χ1) is 11.3. The summed E-state index contributed by atoms with van der Waals surface area (Å²) in [5, 5.41) is 2.06. The van der Waals surface area contributed by atoms with Crippen LogP contribution in [0.1, 0.15) is 37.1 Å². The number of nitrogens with zero attached hydrogens (tertiary/aromatic N) is 2. The third kappa shape index (κ3) is 3.84. The van der Waals surface area contributed by atoms with Crippen LogP contribution in [0.2, 0.25) is 0 Å². The second kappa shape index (κ2) is 6.75. The van der Waals surface area contributed by atoms with E-state index in [1.165, 1.54) is 32.2 Å². The maximum Gasteiger partial charge on any atom is 0.236 e. The SMILES string of the molecule is Cc1oc(-c2cccs2)nc1CN(CC1CC1)C[C@@H]1CCCO1. The minimum absolute atomic E-state index is 0.401. The van der Waals surface area contributed by atoms with Gasteiger partial charge in [0.25, 0.3) is 0 Å². The van der Waals surface area contributed by atoms with Crippen LogP contribution in [0.3, 0.4) is 0 Å². The zero-order valence-electron chi connectivity index (χ0n) is 13.7. The fourth-order valence-electron chi connectivity index (χ4n) is 3.24. The highest BCUT2D eigenvalue weighted by Gasteiger charge is 2.28. The van der Waals surface area contributed by atoms with Crippen molar-refractivity contribution in [3.05, 3.63) is 29.0 Å². The Labute approximate surface area is 141 Å².